The van der Waals surface area contributed by atoms with E-state index in [9.17, 15) is 5.11 Å². The molecule has 0 spiro atoms. The van der Waals surface area contributed by atoms with Crippen LogP contribution in [0, 0.1) is 0 Å². The lowest BCUT2D eigenvalue weighted by molar-refractivity contribution is 0.466. The molecule has 3 heteroatoms. The molecule has 3 nitrogen and oxygen atoms in total. The summed E-state index contributed by atoms with van der Waals surface area (Å²) in [7, 11) is 1.81. The normalized spacial score (nSPS) is 10.4. The maximum Gasteiger partial charge on any atom is 0.156 e. The minimum atomic E-state index is 0.320. The highest BCUT2D eigenvalue weighted by Gasteiger charge is 2.03. The largest absolute Gasteiger partial charge is 0.504 e. The molecule has 0 aliphatic rings. The minimum Gasteiger partial charge on any atom is -0.504 e. The van der Waals surface area contributed by atoms with Crippen molar-refractivity contribution in [2.75, 3.05) is 0 Å². The monoisotopic (exact) mass is 154 g/mol. The van der Waals surface area contributed by atoms with Crippen LogP contribution in [0.1, 0.15) is 25.5 Å². The zero-order valence-electron chi connectivity index (χ0n) is 7.04. The van der Waals surface area contributed by atoms with Gasteiger partial charge in [0, 0.05) is 7.05 Å². The molecule has 1 rings (SSSR count). The van der Waals surface area contributed by atoms with Gasteiger partial charge in [0.05, 0.1) is 6.20 Å². The molecule has 0 bridgehead atoms. The first-order valence-corrected chi connectivity index (χ1v) is 3.95. The van der Waals surface area contributed by atoms with Crippen LogP contribution in [-0.4, -0.2) is 14.9 Å². The van der Waals surface area contributed by atoms with Crippen LogP contribution in [0.4, 0.5) is 0 Å². The summed E-state index contributed by atoms with van der Waals surface area (Å²) in [6.45, 7) is 2.12. The van der Waals surface area contributed by atoms with E-state index in [1.54, 1.807) is 10.9 Å². The maximum atomic E-state index is 9.27. The average molecular weight is 154 g/mol. The number of nitrogens with zero attached hydrogens (tertiary/aromatic N) is 2. The van der Waals surface area contributed by atoms with E-state index < -0.39 is 0 Å². The van der Waals surface area contributed by atoms with Crippen molar-refractivity contribution < 1.29 is 5.11 Å². The Morgan fingerprint density at radius 3 is 2.82 bits per heavy atom. The Hall–Kier alpha value is -0.990. The Kier molecular flexibility index (Phi) is 2.52. The van der Waals surface area contributed by atoms with Crippen molar-refractivity contribution in [3.8, 4) is 5.75 Å². The molecule has 0 aliphatic carbocycles. The first kappa shape index (κ1) is 8.11. The van der Waals surface area contributed by atoms with Gasteiger partial charge in [0.1, 0.15) is 5.69 Å². The molecule has 0 radical (unpaired) electrons. The second kappa shape index (κ2) is 3.42. The molecular formula is C8H14N2O. The number of aryl methyl sites for hydroxylation is 2. The van der Waals surface area contributed by atoms with Gasteiger partial charge in [0.25, 0.3) is 0 Å². The van der Waals surface area contributed by atoms with Crippen molar-refractivity contribution in [1.29, 1.82) is 0 Å². The molecule has 0 saturated carbocycles. The van der Waals surface area contributed by atoms with E-state index in [2.05, 4.69) is 12.0 Å². The van der Waals surface area contributed by atoms with Crippen LogP contribution in [0.3, 0.4) is 0 Å². The van der Waals surface area contributed by atoms with E-state index in [0.29, 0.717) is 5.75 Å². The molecule has 0 fully saturated rings. The maximum absolute atomic E-state index is 9.27. The molecule has 0 amide bonds. The van der Waals surface area contributed by atoms with E-state index >= 15 is 0 Å². The van der Waals surface area contributed by atoms with Gasteiger partial charge in [-0.1, -0.05) is 13.3 Å². The van der Waals surface area contributed by atoms with Crippen LogP contribution in [-0.2, 0) is 13.5 Å². The van der Waals surface area contributed by atoms with Crippen LogP contribution in [0.2, 0.25) is 0 Å². The van der Waals surface area contributed by atoms with Crippen molar-refractivity contribution in [1.82, 2.24) is 9.78 Å². The summed E-state index contributed by atoms with van der Waals surface area (Å²) in [6.07, 6.45) is 4.73. The summed E-state index contributed by atoms with van der Waals surface area (Å²) in [5.41, 5.74) is 0.814. The predicted molar refractivity (Wildman–Crippen MR) is 43.5 cm³/mol. The molecule has 11 heavy (non-hydrogen) atoms. The van der Waals surface area contributed by atoms with Gasteiger partial charge in [-0.25, -0.2) is 0 Å². The zero-order valence-corrected chi connectivity index (χ0v) is 7.04. The van der Waals surface area contributed by atoms with Crippen molar-refractivity contribution in [2.24, 2.45) is 7.05 Å². The quantitative estimate of drug-likeness (QED) is 0.715. The van der Waals surface area contributed by atoms with Gasteiger partial charge in [0.15, 0.2) is 5.75 Å². The number of hydrogen-bond acceptors (Lipinski definition) is 2. The Labute approximate surface area is 66.7 Å². The average Bonchev–Trinajstić information content (AvgIpc) is 2.26. The Morgan fingerprint density at radius 1 is 1.64 bits per heavy atom. The number of aromatic hydroxyl groups is 1. The fourth-order valence-corrected chi connectivity index (χ4v) is 1.04. The second-order valence-electron chi connectivity index (χ2n) is 2.74. The molecular weight excluding hydrogens is 140 g/mol. The van der Waals surface area contributed by atoms with Gasteiger partial charge in [-0.3, -0.25) is 4.68 Å². The number of hydrogen-bond donors (Lipinski definition) is 1. The molecule has 0 atom stereocenters. The second-order valence-corrected chi connectivity index (χ2v) is 2.74. The van der Waals surface area contributed by atoms with Gasteiger partial charge in [-0.2, -0.15) is 5.10 Å². The SMILES string of the molecule is CCCCc1nn(C)cc1O. The highest BCUT2D eigenvalue weighted by molar-refractivity contribution is 5.22. The first-order chi connectivity index (χ1) is 5.24. The third-order valence-electron chi connectivity index (χ3n) is 1.65. The van der Waals surface area contributed by atoms with E-state index in [1.165, 1.54) is 0 Å². The smallest absolute Gasteiger partial charge is 0.156 e. The summed E-state index contributed by atoms with van der Waals surface area (Å²) >= 11 is 0. The van der Waals surface area contributed by atoms with Crippen molar-refractivity contribution >= 4 is 0 Å². The number of unbranched alkanes of at least 4 members (excludes halogenated alkanes) is 1. The lowest BCUT2D eigenvalue weighted by Crippen LogP contribution is -1.90. The van der Waals surface area contributed by atoms with Crippen LogP contribution in [0.25, 0.3) is 0 Å². The molecule has 1 aromatic heterocycles. The van der Waals surface area contributed by atoms with E-state index in [0.717, 1.165) is 25.0 Å². The molecule has 62 valence electrons. The summed E-state index contributed by atoms with van der Waals surface area (Å²) in [5, 5.41) is 13.4. The zero-order chi connectivity index (χ0) is 8.27. The Balaban J connectivity index is 2.62. The van der Waals surface area contributed by atoms with E-state index in [-0.39, 0.29) is 0 Å². The molecule has 0 aromatic carbocycles. The lowest BCUT2D eigenvalue weighted by Gasteiger charge is -1.92. The summed E-state index contributed by atoms with van der Waals surface area (Å²) in [4.78, 5) is 0. The van der Waals surface area contributed by atoms with Crippen LogP contribution < -0.4 is 0 Å². The molecule has 0 aliphatic heterocycles. The third kappa shape index (κ3) is 1.97. The number of rotatable bonds is 3. The molecule has 1 N–H and O–H groups in total. The lowest BCUT2D eigenvalue weighted by atomic mass is 10.2. The molecule has 0 saturated heterocycles. The van der Waals surface area contributed by atoms with Gasteiger partial charge >= 0.3 is 0 Å². The standard InChI is InChI=1S/C8H14N2O/c1-3-4-5-7-8(11)6-10(2)9-7/h6,11H,3-5H2,1-2H3. The van der Waals surface area contributed by atoms with E-state index in [4.69, 9.17) is 0 Å². The summed E-state index contributed by atoms with van der Waals surface area (Å²) in [5.74, 6) is 0.320. The van der Waals surface area contributed by atoms with Crippen molar-refractivity contribution in [3.05, 3.63) is 11.9 Å². The van der Waals surface area contributed by atoms with Crippen molar-refractivity contribution in [3.63, 3.8) is 0 Å². The third-order valence-corrected chi connectivity index (χ3v) is 1.65. The van der Waals surface area contributed by atoms with Crippen LogP contribution in [0.5, 0.6) is 5.75 Å². The summed E-state index contributed by atoms with van der Waals surface area (Å²) in [6, 6.07) is 0. The van der Waals surface area contributed by atoms with Gasteiger partial charge in [0.2, 0.25) is 0 Å². The van der Waals surface area contributed by atoms with Crippen LogP contribution in [0.15, 0.2) is 6.20 Å². The molecule has 0 unspecified atom stereocenters. The van der Waals surface area contributed by atoms with Gasteiger partial charge < -0.3 is 5.11 Å². The topological polar surface area (TPSA) is 38.0 Å². The Bertz CT molecular complexity index is 230. The predicted octanol–water partition coefficient (Wildman–Crippen LogP) is 1.47. The van der Waals surface area contributed by atoms with Crippen LogP contribution >= 0.6 is 0 Å². The highest BCUT2D eigenvalue weighted by atomic mass is 16.3. The fraction of sp³-hybridized carbons (Fsp3) is 0.625. The Morgan fingerprint density at radius 2 is 2.36 bits per heavy atom. The highest BCUT2D eigenvalue weighted by Crippen LogP contribution is 2.15. The van der Waals surface area contributed by atoms with Gasteiger partial charge in [-0.05, 0) is 12.8 Å². The van der Waals surface area contributed by atoms with Crippen molar-refractivity contribution in [2.45, 2.75) is 26.2 Å². The van der Waals surface area contributed by atoms with Gasteiger partial charge in [-0.15, -0.1) is 0 Å². The molecule has 1 heterocycles. The minimum absolute atomic E-state index is 0.320. The first-order valence-electron chi connectivity index (χ1n) is 3.95. The fourth-order valence-electron chi connectivity index (χ4n) is 1.04. The van der Waals surface area contributed by atoms with E-state index in [1.807, 2.05) is 7.05 Å². The molecule has 1 aromatic rings. The summed E-state index contributed by atoms with van der Waals surface area (Å²) < 4.78 is 1.64. The number of aromatic nitrogens is 2.